The molecule has 0 spiro atoms. The van der Waals surface area contributed by atoms with E-state index in [9.17, 15) is 4.79 Å². The molecule has 210 valence electrons. The van der Waals surface area contributed by atoms with E-state index in [-0.39, 0.29) is 49.3 Å². The number of hydrogen-bond donors (Lipinski definition) is 1. The van der Waals surface area contributed by atoms with E-state index in [1.54, 1.807) is 0 Å². The molecule has 4 aliphatic rings. The number of fused-ring (bicyclic) bond motifs is 3. The van der Waals surface area contributed by atoms with Gasteiger partial charge in [0.2, 0.25) is 0 Å². The van der Waals surface area contributed by atoms with Crippen LogP contribution in [0.3, 0.4) is 0 Å². The van der Waals surface area contributed by atoms with Crippen molar-refractivity contribution in [3.63, 3.8) is 0 Å². The lowest BCUT2D eigenvalue weighted by atomic mass is 10.1. The third kappa shape index (κ3) is 6.15. The summed E-state index contributed by atoms with van der Waals surface area (Å²) in [5, 5.41) is 0. The van der Waals surface area contributed by atoms with Gasteiger partial charge in [-0.3, -0.25) is 24.6 Å². The molecule has 1 N–H and O–H groups in total. The molecule has 0 bridgehead atoms. The van der Waals surface area contributed by atoms with E-state index in [1.165, 1.54) is 31.2 Å². The van der Waals surface area contributed by atoms with Crippen molar-refractivity contribution < 1.29 is 4.79 Å². The first-order chi connectivity index (χ1) is 17.2. The van der Waals surface area contributed by atoms with Crippen LogP contribution in [0.2, 0.25) is 0 Å². The van der Waals surface area contributed by atoms with Crippen molar-refractivity contribution in [3.8, 4) is 0 Å². The molecule has 2 amide bonds. The van der Waals surface area contributed by atoms with Crippen molar-refractivity contribution >= 4 is 54.9 Å². The second kappa shape index (κ2) is 13.5. The van der Waals surface area contributed by atoms with Crippen LogP contribution in [0.1, 0.15) is 62.0 Å². The summed E-state index contributed by atoms with van der Waals surface area (Å²) in [5.41, 5.74) is 2.33. The Morgan fingerprint density at radius 2 is 1.66 bits per heavy atom. The molecule has 1 aliphatic carbocycles. The third-order valence-electron chi connectivity index (χ3n) is 7.97. The predicted molar refractivity (Wildman–Crippen MR) is 160 cm³/mol. The number of aromatic amines is 1. The average molecular weight is 585 g/mol. The van der Waals surface area contributed by atoms with Crippen molar-refractivity contribution in [1.82, 2.24) is 24.7 Å². The van der Waals surface area contributed by atoms with Gasteiger partial charge in [0.25, 0.3) is 0 Å². The first kappa shape index (κ1) is 30.7. The molecule has 0 radical (unpaired) electrons. The van der Waals surface area contributed by atoms with Crippen LogP contribution in [-0.2, 0) is 6.54 Å². The average Bonchev–Trinajstić information content (AvgIpc) is 3.63. The lowest BCUT2D eigenvalue weighted by Crippen LogP contribution is -2.51. The van der Waals surface area contributed by atoms with Crippen molar-refractivity contribution in [1.29, 1.82) is 0 Å². The number of benzene rings is 1. The molecular weight excluding hydrogens is 545 g/mol. The number of carbonyl (C=O) groups is 1. The topological polar surface area (TPSA) is 71.1 Å². The van der Waals surface area contributed by atoms with Gasteiger partial charge < -0.3 is 4.98 Å². The lowest BCUT2D eigenvalue weighted by molar-refractivity contribution is 0.122. The molecule has 38 heavy (non-hydrogen) atoms. The second-order valence-electron chi connectivity index (χ2n) is 10.5. The van der Waals surface area contributed by atoms with Gasteiger partial charge in [0.15, 0.2) is 11.7 Å². The number of rotatable bonds is 7. The first-order valence-electron chi connectivity index (χ1n) is 13.5. The van der Waals surface area contributed by atoms with Gasteiger partial charge in [0.05, 0.1) is 12.6 Å². The van der Waals surface area contributed by atoms with Gasteiger partial charge in [-0.1, -0.05) is 50.1 Å². The van der Waals surface area contributed by atoms with E-state index in [4.69, 9.17) is 9.98 Å². The summed E-state index contributed by atoms with van der Waals surface area (Å²) in [4.78, 5) is 35.9. The van der Waals surface area contributed by atoms with Crippen LogP contribution >= 0.6 is 37.2 Å². The Labute approximate surface area is 244 Å². The fraction of sp³-hybridized carbons (Fsp3) is 0.593. The highest BCUT2D eigenvalue weighted by Crippen LogP contribution is 2.37. The molecule has 11 heteroatoms. The standard InChI is InChI=1S/C27H37N7O.3ClH/c1-2-12-33-26-23(29-24(30-26)21-10-6-7-11-21)25-28-22(19-34(25)27(33)35)18-32-15-13-31(14-16-32)17-20-8-4-3-5-9-20;;;/h3-5,8-9,21-22H,2,6-7,10-19H2,1H3,(H,29,30);3*1H. The van der Waals surface area contributed by atoms with E-state index in [0.717, 1.165) is 68.9 Å². The summed E-state index contributed by atoms with van der Waals surface area (Å²) >= 11 is 0. The number of nitrogens with one attached hydrogen (secondary N) is 1. The van der Waals surface area contributed by atoms with Crippen LogP contribution in [0.25, 0.3) is 0 Å². The number of piperazine rings is 1. The molecule has 4 heterocycles. The summed E-state index contributed by atoms with van der Waals surface area (Å²) in [7, 11) is 0. The third-order valence-corrected chi connectivity index (χ3v) is 7.97. The zero-order valence-corrected chi connectivity index (χ0v) is 24.5. The number of aliphatic imine (C=N–C) groups is 1. The maximum atomic E-state index is 13.4. The van der Waals surface area contributed by atoms with Gasteiger partial charge in [0.1, 0.15) is 11.5 Å². The Morgan fingerprint density at radius 1 is 0.974 bits per heavy atom. The van der Waals surface area contributed by atoms with Gasteiger partial charge in [0, 0.05) is 51.7 Å². The number of hydrogen-bond acceptors (Lipinski definition) is 5. The Hall–Kier alpha value is -1.84. The minimum Gasteiger partial charge on any atom is -0.337 e. The summed E-state index contributed by atoms with van der Waals surface area (Å²) in [5.74, 6) is 3.13. The molecule has 1 unspecified atom stereocenters. The number of amidine groups is 1. The van der Waals surface area contributed by atoms with Crippen molar-refractivity contribution in [3.05, 3.63) is 47.4 Å². The van der Waals surface area contributed by atoms with E-state index in [2.05, 4.69) is 52.0 Å². The second-order valence-corrected chi connectivity index (χ2v) is 10.5. The largest absolute Gasteiger partial charge is 0.337 e. The van der Waals surface area contributed by atoms with Crippen LogP contribution < -0.4 is 4.90 Å². The summed E-state index contributed by atoms with van der Waals surface area (Å²) in [6.07, 6.45) is 5.81. The number of nitrogens with zero attached hydrogens (tertiary/aromatic N) is 6. The Balaban J connectivity index is 0.00000133. The molecule has 3 aliphatic heterocycles. The predicted octanol–water partition coefficient (Wildman–Crippen LogP) is 4.93. The summed E-state index contributed by atoms with van der Waals surface area (Å²) in [6, 6.07) is 10.9. The van der Waals surface area contributed by atoms with Crippen LogP contribution in [0.4, 0.5) is 10.6 Å². The van der Waals surface area contributed by atoms with E-state index >= 15 is 0 Å². The van der Waals surface area contributed by atoms with Crippen LogP contribution in [0.15, 0.2) is 35.3 Å². The number of aromatic nitrogens is 2. The number of anilines is 1. The fourth-order valence-corrected chi connectivity index (χ4v) is 6.10. The minimum atomic E-state index is 0. The Kier molecular flexibility index (Phi) is 10.9. The SMILES string of the molecule is CCCN1C(=O)N2CC(CN3CCN(Cc4ccccc4)CC3)N=C2c2[nH]c(C3CCCC3)nc21.Cl.Cl.Cl. The highest BCUT2D eigenvalue weighted by Gasteiger charge is 2.43. The zero-order valence-electron chi connectivity index (χ0n) is 22.1. The van der Waals surface area contributed by atoms with Crippen molar-refractivity contribution in [2.24, 2.45) is 4.99 Å². The monoisotopic (exact) mass is 583 g/mol. The summed E-state index contributed by atoms with van der Waals surface area (Å²) < 4.78 is 0. The summed E-state index contributed by atoms with van der Waals surface area (Å²) in [6.45, 7) is 9.62. The zero-order chi connectivity index (χ0) is 23.8. The van der Waals surface area contributed by atoms with Crippen LogP contribution in [-0.4, -0.2) is 88.4 Å². The Morgan fingerprint density at radius 3 is 2.34 bits per heavy atom. The molecule has 8 nitrogen and oxygen atoms in total. The highest BCUT2D eigenvalue weighted by molar-refractivity contribution is 6.18. The van der Waals surface area contributed by atoms with Gasteiger partial charge in [-0.05, 0) is 24.8 Å². The van der Waals surface area contributed by atoms with E-state index in [0.29, 0.717) is 19.0 Å². The molecule has 2 aromatic rings. The quantitative estimate of drug-likeness (QED) is 0.501. The van der Waals surface area contributed by atoms with Crippen molar-refractivity contribution in [2.45, 2.75) is 57.5 Å². The first-order valence-corrected chi connectivity index (χ1v) is 13.5. The van der Waals surface area contributed by atoms with E-state index < -0.39 is 0 Å². The molecule has 1 aromatic heterocycles. The number of amides is 2. The molecule has 6 rings (SSSR count). The maximum absolute atomic E-state index is 13.4. The molecular formula is C27H40Cl3N7O. The smallest absolute Gasteiger partial charge is 0.331 e. The van der Waals surface area contributed by atoms with Crippen molar-refractivity contribution in [2.75, 3.05) is 50.7 Å². The molecule has 2 fully saturated rings. The molecule has 1 saturated heterocycles. The van der Waals surface area contributed by atoms with Gasteiger partial charge in [-0.2, -0.15) is 0 Å². The highest BCUT2D eigenvalue weighted by atomic mass is 35.5. The van der Waals surface area contributed by atoms with Gasteiger partial charge >= 0.3 is 6.03 Å². The maximum Gasteiger partial charge on any atom is 0.331 e. The Bertz CT molecular complexity index is 1080. The number of halogens is 3. The van der Waals surface area contributed by atoms with E-state index in [1.807, 2.05) is 9.80 Å². The van der Waals surface area contributed by atoms with Crippen LogP contribution in [0.5, 0.6) is 0 Å². The molecule has 1 saturated carbocycles. The number of H-pyrrole nitrogens is 1. The number of urea groups is 1. The van der Waals surface area contributed by atoms with Gasteiger partial charge in [-0.15, -0.1) is 37.2 Å². The number of imidazole rings is 1. The molecule has 1 atom stereocenters. The van der Waals surface area contributed by atoms with Crippen LogP contribution in [0, 0.1) is 0 Å². The molecule has 1 aromatic carbocycles. The number of carbonyl (C=O) groups excluding carboxylic acids is 1. The minimum absolute atomic E-state index is 0. The lowest BCUT2D eigenvalue weighted by Gasteiger charge is -2.35. The normalized spacial score (nSPS) is 21.8. The fourth-order valence-electron chi connectivity index (χ4n) is 6.10. The van der Waals surface area contributed by atoms with Gasteiger partial charge in [-0.25, -0.2) is 9.78 Å².